The van der Waals surface area contributed by atoms with Crippen molar-refractivity contribution in [2.45, 2.75) is 44.6 Å². The number of rotatable bonds is 4. The summed E-state index contributed by atoms with van der Waals surface area (Å²) in [5.74, 6) is -4.27. The van der Waals surface area contributed by atoms with Crippen LogP contribution in [-0.4, -0.2) is 40.7 Å². The van der Waals surface area contributed by atoms with Crippen molar-refractivity contribution in [2.24, 2.45) is 0 Å². The molecule has 0 radical (unpaired) electrons. The van der Waals surface area contributed by atoms with Gasteiger partial charge in [-0.3, -0.25) is 24.5 Å². The van der Waals surface area contributed by atoms with Gasteiger partial charge >= 0.3 is 6.18 Å². The van der Waals surface area contributed by atoms with E-state index in [-0.39, 0.29) is 36.1 Å². The second-order valence-electron chi connectivity index (χ2n) is 8.21. The first-order valence-corrected chi connectivity index (χ1v) is 10.4. The number of hydrogen-bond donors (Lipinski definition) is 2. The number of amides is 4. The van der Waals surface area contributed by atoms with Crippen LogP contribution in [0.2, 0.25) is 0 Å². The van der Waals surface area contributed by atoms with Crippen molar-refractivity contribution < 1.29 is 36.7 Å². The van der Waals surface area contributed by atoms with Gasteiger partial charge in [0.05, 0.1) is 12.1 Å². The van der Waals surface area contributed by atoms with Gasteiger partial charge in [-0.15, -0.1) is 0 Å². The first-order chi connectivity index (χ1) is 16.0. The average Bonchev–Trinajstić information content (AvgIpc) is 3.09. The van der Waals surface area contributed by atoms with Gasteiger partial charge in [-0.2, -0.15) is 13.2 Å². The summed E-state index contributed by atoms with van der Waals surface area (Å²) in [6, 6.07) is 4.11. The lowest BCUT2D eigenvalue weighted by atomic mass is 10.0. The lowest BCUT2D eigenvalue weighted by Crippen LogP contribution is -2.52. The molecular formula is C23H19F4N3O4. The molecule has 4 amide bonds. The fourth-order valence-corrected chi connectivity index (χ4v) is 4.10. The molecule has 0 spiro atoms. The van der Waals surface area contributed by atoms with Crippen LogP contribution in [0.15, 0.2) is 36.4 Å². The molecule has 2 heterocycles. The molecule has 0 aromatic heterocycles. The Balaban J connectivity index is 1.59. The van der Waals surface area contributed by atoms with Crippen molar-refractivity contribution in [3.05, 3.63) is 70.0 Å². The average molecular weight is 477 g/mol. The number of carbonyl (C=O) groups is 4. The fraction of sp³-hybridized carbons (Fsp3) is 0.304. The Kier molecular flexibility index (Phi) is 5.88. The molecule has 0 bridgehead atoms. The number of nitrogens with zero attached hydrogens (tertiary/aromatic N) is 1. The number of carbonyl (C=O) groups excluding carboxylic acids is 4. The number of hydrogen-bond acceptors (Lipinski definition) is 4. The fourth-order valence-electron chi connectivity index (χ4n) is 4.10. The Morgan fingerprint density at radius 1 is 1.12 bits per heavy atom. The number of piperidine rings is 1. The summed E-state index contributed by atoms with van der Waals surface area (Å²) in [4.78, 5) is 50.0. The van der Waals surface area contributed by atoms with Gasteiger partial charge in [0, 0.05) is 17.5 Å². The lowest BCUT2D eigenvalue weighted by Gasteiger charge is -2.29. The molecule has 2 unspecified atom stereocenters. The number of imide groups is 1. The van der Waals surface area contributed by atoms with Crippen molar-refractivity contribution in [1.29, 1.82) is 0 Å². The molecule has 2 aliphatic rings. The Morgan fingerprint density at radius 3 is 2.41 bits per heavy atom. The molecule has 2 N–H and O–H groups in total. The van der Waals surface area contributed by atoms with Crippen LogP contribution in [-0.2, 0) is 16.1 Å². The normalized spacial score (nSPS) is 19.0. The third-order valence-electron chi connectivity index (χ3n) is 5.91. The molecular weight excluding hydrogens is 458 g/mol. The minimum absolute atomic E-state index is 0.00448. The molecule has 178 valence electrons. The standard InChI is InChI=1S/C23H19F4N3O4/c1-11-2-4-12(5-3-11)19(23(25,26)27)29-20(32)14-7-6-13-15(18(14)24)10-30(22(13)34)16-8-9-17(31)28-21(16)33/h2-7,16,19H,8-10H2,1H3,(H,29,32)(H,28,31,33). The molecule has 1 fully saturated rings. The number of alkyl halides is 3. The summed E-state index contributed by atoms with van der Waals surface area (Å²) < 4.78 is 56.2. The Hall–Kier alpha value is -3.76. The summed E-state index contributed by atoms with van der Waals surface area (Å²) in [6.45, 7) is 1.35. The molecule has 1 saturated heterocycles. The van der Waals surface area contributed by atoms with E-state index < -0.39 is 53.3 Å². The van der Waals surface area contributed by atoms with E-state index in [1.54, 1.807) is 6.92 Å². The molecule has 0 saturated carbocycles. The van der Waals surface area contributed by atoms with Crippen LogP contribution in [0.25, 0.3) is 0 Å². The van der Waals surface area contributed by atoms with E-state index in [1.165, 1.54) is 24.3 Å². The summed E-state index contributed by atoms with van der Waals surface area (Å²) in [5.41, 5.74) is -0.429. The lowest BCUT2D eigenvalue weighted by molar-refractivity contribution is -0.155. The molecule has 7 nitrogen and oxygen atoms in total. The maximum Gasteiger partial charge on any atom is 0.412 e. The van der Waals surface area contributed by atoms with E-state index >= 15 is 4.39 Å². The third kappa shape index (κ3) is 4.25. The SMILES string of the molecule is Cc1ccc(C(NC(=O)c2ccc3c(c2F)CN(C2CCC(=O)NC2=O)C3=O)C(F)(F)F)cc1. The maximum absolute atomic E-state index is 15.2. The van der Waals surface area contributed by atoms with E-state index in [0.717, 1.165) is 22.6 Å². The van der Waals surface area contributed by atoms with Crippen LogP contribution in [0.3, 0.4) is 0 Å². The van der Waals surface area contributed by atoms with Crippen molar-refractivity contribution in [3.63, 3.8) is 0 Å². The van der Waals surface area contributed by atoms with Gasteiger partial charge in [0.2, 0.25) is 11.8 Å². The van der Waals surface area contributed by atoms with Crippen LogP contribution < -0.4 is 10.6 Å². The van der Waals surface area contributed by atoms with Crippen LogP contribution in [0.4, 0.5) is 17.6 Å². The monoisotopic (exact) mass is 477 g/mol. The van der Waals surface area contributed by atoms with Crippen molar-refractivity contribution in [1.82, 2.24) is 15.5 Å². The summed E-state index contributed by atoms with van der Waals surface area (Å²) in [5, 5.41) is 3.95. The van der Waals surface area contributed by atoms with E-state index in [9.17, 15) is 32.3 Å². The molecule has 2 atom stereocenters. The molecule has 2 aliphatic heterocycles. The second kappa shape index (κ2) is 8.54. The number of benzene rings is 2. The Labute approximate surface area is 191 Å². The molecule has 2 aromatic carbocycles. The minimum atomic E-state index is -4.84. The number of halogens is 4. The van der Waals surface area contributed by atoms with Gasteiger partial charge in [0.15, 0.2) is 6.04 Å². The zero-order valence-electron chi connectivity index (χ0n) is 17.8. The zero-order chi connectivity index (χ0) is 24.8. The van der Waals surface area contributed by atoms with E-state index in [4.69, 9.17) is 0 Å². The molecule has 2 aromatic rings. The van der Waals surface area contributed by atoms with E-state index in [2.05, 4.69) is 5.32 Å². The Bertz CT molecular complexity index is 1190. The maximum atomic E-state index is 15.2. The highest BCUT2D eigenvalue weighted by molar-refractivity contribution is 6.06. The summed E-state index contributed by atoms with van der Waals surface area (Å²) in [7, 11) is 0. The van der Waals surface area contributed by atoms with Crippen LogP contribution in [0, 0.1) is 12.7 Å². The summed E-state index contributed by atoms with van der Waals surface area (Å²) >= 11 is 0. The van der Waals surface area contributed by atoms with Crippen molar-refractivity contribution in [2.75, 3.05) is 0 Å². The van der Waals surface area contributed by atoms with Gasteiger partial charge in [-0.05, 0) is 31.0 Å². The van der Waals surface area contributed by atoms with Crippen molar-refractivity contribution in [3.8, 4) is 0 Å². The quantitative estimate of drug-likeness (QED) is 0.523. The van der Waals surface area contributed by atoms with E-state index in [1.807, 2.05) is 5.32 Å². The highest BCUT2D eigenvalue weighted by Gasteiger charge is 2.44. The number of aryl methyl sites for hydroxylation is 1. The molecule has 0 aliphatic carbocycles. The Morgan fingerprint density at radius 2 is 1.79 bits per heavy atom. The highest BCUT2D eigenvalue weighted by Crippen LogP contribution is 2.34. The van der Waals surface area contributed by atoms with Crippen molar-refractivity contribution >= 4 is 23.6 Å². The predicted molar refractivity (Wildman–Crippen MR) is 110 cm³/mol. The second-order valence-corrected chi connectivity index (χ2v) is 8.21. The van der Waals surface area contributed by atoms with Gasteiger partial charge in [-0.25, -0.2) is 4.39 Å². The predicted octanol–water partition coefficient (Wildman–Crippen LogP) is 2.93. The zero-order valence-corrected chi connectivity index (χ0v) is 17.8. The van der Waals surface area contributed by atoms with Gasteiger partial charge in [0.1, 0.15) is 11.9 Å². The van der Waals surface area contributed by atoms with Crippen LogP contribution in [0.1, 0.15) is 56.3 Å². The third-order valence-corrected chi connectivity index (χ3v) is 5.91. The minimum Gasteiger partial charge on any atom is -0.337 e. The smallest absolute Gasteiger partial charge is 0.337 e. The summed E-state index contributed by atoms with van der Waals surface area (Å²) in [6.07, 6.45) is -4.77. The molecule has 11 heteroatoms. The molecule has 34 heavy (non-hydrogen) atoms. The van der Waals surface area contributed by atoms with Gasteiger partial charge < -0.3 is 10.2 Å². The first-order valence-electron chi connectivity index (χ1n) is 10.4. The first kappa shape index (κ1) is 23.4. The number of nitrogens with one attached hydrogen (secondary N) is 2. The van der Waals surface area contributed by atoms with Gasteiger partial charge in [-0.1, -0.05) is 29.8 Å². The van der Waals surface area contributed by atoms with Gasteiger partial charge in [0.25, 0.3) is 11.8 Å². The highest BCUT2D eigenvalue weighted by atomic mass is 19.4. The van der Waals surface area contributed by atoms with Crippen LogP contribution >= 0.6 is 0 Å². The van der Waals surface area contributed by atoms with Crippen LogP contribution in [0.5, 0.6) is 0 Å². The number of fused-ring (bicyclic) bond motifs is 1. The molecule has 4 rings (SSSR count). The largest absolute Gasteiger partial charge is 0.412 e. The van der Waals surface area contributed by atoms with E-state index in [0.29, 0.717) is 0 Å². The topological polar surface area (TPSA) is 95.6 Å².